The van der Waals surface area contributed by atoms with Gasteiger partial charge in [-0.25, -0.2) is 16.8 Å². The van der Waals surface area contributed by atoms with Gasteiger partial charge in [0, 0.05) is 11.1 Å². The van der Waals surface area contributed by atoms with Crippen LogP contribution in [-0.2, 0) is 26.3 Å². The number of methoxy groups -OCH3 is 1. The molecule has 0 N–H and O–H groups in total. The lowest BCUT2D eigenvalue weighted by molar-refractivity contribution is 0.0991. The number of anilines is 1. The number of nitrogens with zero attached hydrogens (tertiary/aromatic N) is 1. The number of sulfone groups is 1. The number of rotatable bonds is 4. The second kappa shape index (κ2) is 6.90. The fourth-order valence-corrected chi connectivity index (χ4v) is 5.18. The Kier molecular flexibility index (Phi) is 4.96. The molecule has 138 valence electrons. The topological polar surface area (TPSA) is 97.8 Å². The van der Waals surface area contributed by atoms with Crippen LogP contribution in [0.5, 0.6) is 5.75 Å². The molecule has 1 aliphatic rings. The molecule has 0 saturated carbocycles. The Hall–Kier alpha value is -2.10. The molecule has 1 amide bonds. The van der Waals surface area contributed by atoms with E-state index >= 15 is 0 Å². The number of hydrogen-bond acceptors (Lipinski definition) is 6. The van der Waals surface area contributed by atoms with Crippen molar-refractivity contribution in [2.45, 2.75) is 10.6 Å². The maximum Gasteiger partial charge on any atom is 0.259 e. The molecule has 2 aromatic rings. The molecule has 0 saturated heterocycles. The van der Waals surface area contributed by atoms with Gasteiger partial charge < -0.3 is 4.74 Å². The van der Waals surface area contributed by atoms with Gasteiger partial charge in [0.1, 0.15) is 22.3 Å². The van der Waals surface area contributed by atoms with Gasteiger partial charge in [0.2, 0.25) is 0 Å². The minimum Gasteiger partial charge on any atom is -0.495 e. The van der Waals surface area contributed by atoms with E-state index in [-0.39, 0.29) is 38.2 Å². The van der Waals surface area contributed by atoms with Crippen LogP contribution in [0.25, 0.3) is 0 Å². The summed E-state index contributed by atoms with van der Waals surface area (Å²) in [6.07, 6.45) is 0. The first-order valence-corrected chi connectivity index (χ1v) is 10.8. The lowest BCUT2D eigenvalue weighted by Crippen LogP contribution is -2.30. The molecule has 0 bridgehead atoms. The van der Waals surface area contributed by atoms with Crippen molar-refractivity contribution >= 4 is 43.7 Å². The quantitative estimate of drug-likeness (QED) is 0.765. The van der Waals surface area contributed by atoms with Gasteiger partial charge in [-0.05, 0) is 24.3 Å². The fourth-order valence-electron chi connectivity index (χ4n) is 2.84. The first-order chi connectivity index (χ1) is 12.2. The van der Waals surface area contributed by atoms with Crippen LogP contribution in [0.4, 0.5) is 5.69 Å². The number of carbonyl (C=O) groups is 1. The van der Waals surface area contributed by atoms with Crippen LogP contribution in [0.15, 0.2) is 41.3 Å². The van der Waals surface area contributed by atoms with Gasteiger partial charge in [-0.2, -0.15) is 0 Å². The third-order valence-corrected chi connectivity index (χ3v) is 6.40. The van der Waals surface area contributed by atoms with Crippen molar-refractivity contribution in [3.05, 3.63) is 52.5 Å². The first-order valence-electron chi connectivity index (χ1n) is 7.36. The second-order valence-corrected chi connectivity index (χ2v) is 8.90. The number of benzene rings is 2. The largest absolute Gasteiger partial charge is 0.495 e. The number of para-hydroxylation sites is 1. The van der Waals surface area contributed by atoms with E-state index < -0.39 is 32.3 Å². The van der Waals surface area contributed by atoms with E-state index in [2.05, 4.69) is 0 Å². The molecule has 0 aromatic heterocycles. The van der Waals surface area contributed by atoms with Crippen molar-refractivity contribution in [1.82, 2.24) is 0 Å². The highest BCUT2D eigenvalue weighted by Gasteiger charge is 2.36. The summed E-state index contributed by atoms with van der Waals surface area (Å²) in [5.41, 5.74) is 0.588. The third-order valence-electron chi connectivity index (χ3n) is 3.91. The normalized spacial score (nSPS) is 15.1. The van der Waals surface area contributed by atoms with Gasteiger partial charge in [0.05, 0.1) is 28.5 Å². The smallest absolute Gasteiger partial charge is 0.259 e. The van der Waals surface area contributed by atoms with Gasteiger partial charge in [-0.3, -0.25) is 9.69 Å². The molecule has 0 atom stereocenters. The predicted octanol–water partition coefficient (Wildman–Crippen LogP) is 1.85. The van der Waals surface area contributed by atoms with Crippen LogP contribution in [0.1, 0.15) is 15.9 Å². The number of amides is 1. The lowest BCUT2D eigenvalue weighted by Gasteiger charge is -2.17. The van der Waals surface area contributed by atoms with Gasteiger partial charge >= 0.3 is 0 Å². The van der Waals surface area contributed by atoms with Crippen LogP contribution >= 0.6 is 11.6 Å². The SMILES string of the molecule is COc1c(Cl)cc(C(=O)N2CS(=O)(=O)c3ccccc32)cc1C[SH](=O)=O. The van der Waals surface area contributed by atoms with Crippen molar-refractivity contribution in [3.63, 3.8) is 0 Å². The molecule has 0 unspecified atom stereocenters. The summed E-state index contributed by atoms with van der Waals surface area (Å²) in [7, 11) is -5.04. The van der Waals surface area contributed by atoms with Crippen LogP contribution in [0.3, 0.4) is 0 Å². The van der Waals surface area contributed by atoms with E-state index in [9.17, 15) is 21.6 Å². The van der Waals surface area contributed by atoms with Crippen LogP contribution in [0.2, 0.25) is 5.02 Å². The molecule has 2 aromatic carbocycles. The van der Waals surface area contributed by atoms with E-state index in [1.165, 1.54) is 25.3 Å². The molecule has 1 heterocycles. The van der Waals surface area contributed by atoms with Crippen molar-refractivity contribution in [1.29, 1.82) is 0 Å². The molecule has 1 aliphatic heterocycles. The zero-order chi connectivity index (χ0) is 19.1. The molecular formula is C16H14ClNO6S2. The molecule has 0 spiro atoms. The molecule has 26 heavy (non-hydrogen) atoms. The molecular weight excluding hydrogens is 402 g/mol. The van der Waals surface area contributed by atoms with Crippen molar-refractivity contribution in [3.8, 4) is 5.75 Å². The van der Waals surface area contributed by atoms with Gasteiger partial charge in [0.15, 0.2) is 9.84 Å². The minimum absolute atomic E-state index is 0.0699. The van der Waals surface area contributed by atoms with E-state index in [1.807, 2.05) is 0 Å². The molecule has 0 fully saturated rings. The zero-order valence-electron chi connectivity index (χ0n) is 13.5. The number of halogens is 1. The molecule has 3 rings (SSSR count). The number of fused-ring (bicyclic) bond motifs is 1. The van der Waals surface area contributed by atoms with Crippen molar-refractivity contribution in [2.24, 2.45) is 0 Å². The standard InChI is InChI=1S/C16H14ClNO6S2/c1-24-15-11(8-25(20)21)6-10(7-12(15)17)16(19)18-9-26(22,23)14-5-3-2-4-13(14)18/h2-7,25H,8-9H2,1H3. The van der Waals surface area contributed by atoms with Crippen LogP contribution in [-0.4, -0.2) is 35.7 Å². The van der Waals surface area contributed by atoms with Gasteiger partial charge in [-0.1, -0.05) is 23.7 Å². The predicted molar refractivity (Wildman–Crippen MR) is 97.3 cm³/mol. The maximum atomic E-state index is 12.9. The summed E-state index contributed by atoms with van der Waals surface area (Å²) in [5.74, 6) is -1.27. The summed E-state index contributed by atoms with van der Waals surface area (Å²) < 4.78 is 51.8. The highest BCUT2D eigenvalue weighted by atomic mass is 35.5. The summed E-state index contributed by atoms with van der Waals surface area (Å²) >= 11 is 6.11. The van der Waals surface area contributed by atoms with E-state index in [4.69, 9.17) is 16.3 Å². The fraction of sp³-hybridized carbons (Fsp3) is 0.188. The summed E-state index contributed by atoms with van der Waals surface area (Å²) in [6, 6.07) is 8.88. The zero-order valence-corrected chi connectivity index (χ0v) is 16.0. The maximum absolute atomic E-state index is 12.9. The van der Waals surface area contributed by atoms with Crippen molar-refractivity contribution in [2.75, 3.05) is 17.9 Å². The Bertz CT molecular complexity index is 1070. The van der Waals surface area contributed by atoms with E-state index in [0.717, 1.165) is 4.90 Å². The van der Waals surface area contributed by atoms with Crippen LogP contribution in [0, 0.1) is 0 Å². The number of ether oxygens (including phenoxy) is 1. The highest BCUT2D eigenvalue weighted by molar-refractivity contribution is 7.92. The average molecular weight is 416 g/mol. The third kappa shape index (κ3) is 3.29. The van der Waals surface area contributed by atoms with E-state index in [0.29, 0.717) is 0 Å². The lowest BCUT2D eigenvalue weighted by atomic mass is 10.1. The molecule has 0 radical (unpaired) electrons. The summed E-state index contributed by atoms with van der Waals surface area (Å²) in [6.45, 7) is 0. The second-order valence-electron chi connectivity index (χ2n) is 5.59. The van der Waals surface area contributed by atoms with Crippen LogP contribution < -0.4 is 9.64 Å². The summed E-state index contributed by atoms with van der Waals surface area (Å²) in [4.78, 5) is 14.1. The molecule has 10 heteroatoms. The number of carbonyl (C=O) groups excluding carboxylic acids is 1. The van der Waals surface area contributed by atoms with E-state index in [1.54, 1.807) is 18.2 Å². The number of hydrogen-bond donors (Lipinski definition) is 1. The Morgan fingerprint density at radius 1 is 1.27 bits per heavy atom. The monoisotopic (exact) mass is 415 g/mol. The Morgan fingerprint density at radius 3 is 2.62 bits per heavy atom. The first kappa shape index (κ1) is 18.7. The molecule has 0 aliphatic carbocycles. The Balaban J connectivity index is 2.08. The molecule has 7 nitrogen and oxygen atoms in total. The highest BCUT2D eigenvalue weighted by Crippen LogP contribution is 2.36. The Morgan fingerprint density at radius 2 is 1.96 bits per heavy atom. The number of thiol groups is 1. The van der Waals surface area contributed by atoms with Gasteiger partial charge in [0.25, 0.3) is 5.91 Å². The average Bonchev–Trinajstić information content (AvgIpc) is 2.85. The summed E-state index contributed by atoms with van der Waals surface area (Å²) in [5, 5.41) is 0.0699. The Labute approximate surface area is 157 Å². The van der Waals surface area contributed by atoms with Gasteiger partial charge in [-0.15, -0.1) is 0 Å². The minimum atomic E-state index is -3.61. The van der Waals surface area contributed by atoms with Crippen molar-refractivity contribution < 1.29 is 26.4 Å².